The van der Waals surface area contributed by atoms with Crippen molar-refractivity contribution < 1.29 is 9.21 Å². The van der Waals surface area contributed by atoms with Crippen molar-refractivity contribution in [3.63, 3.8) is 0 Å². The lowest BCUT2D eigenvalue weighted by Gasteiger charge is -2.03. The minimum atomic E-state index is -0.168. The van der Waals surface area contributed by atoms with E-state index in [0.717, 1.165) is 16.3 Å². The maximum Gasteiger partial charge on any atom is 0.251 e. The van der Waals surface area contributed by atoms with Crippen LogP contribution in [-0.2, 0) is 6.54 Å². The zero-order valence-electron chi connectivity index (χ0n) is 12.5. The van der Waals surface area contributed by atoms with Crippen molar-refractivity contribution in [2.75, 3.05) is 0 Å². The Morgan fingerprint density at radius 1 is 1.21 bits per heavy atom. The second kappa shape index (κ2) is 6.21. The van der Waals surface area contributed by atoms with Gasteiger partial charge in [-0.05, 0) is 30.3 Å². The van der Waals surface area contributed by atoms with E-state index in [-0.39, 0.29) is 5.91 Å². The van der Waals surface area contributed by atoms with E-state index >= 15 is 0 Å². The van der Waals surface area contributed by atoms with Crippen molar-refractivity contribution >= 4 is 28.3 Å². The molecule has 0 radical (unpaired) electrons. The van der Waals surface area contributed by atoms with Crippen molar-refractivity contribution in [3.05, 3.63) is 65.8 Å². The monoisotopic (exact) mass is 336 g/mol. The molecular weight excluding hydrogens is 324 g/mol. The summed E-state index contributed by atoms with van der Waals surface area (Å²) in [5, 5.41) is 5.72. The highest BCUT2D eigenvalue weighted by Crippen LogP contribution is 2.22. The SMILES string of the molecule is O=C(NCc1csc(-c2ccncc2)n1)c1ccc2ocnc2c1. The summed E-state index contributed by atoms with van der Waals surface area (Å²) in [4.78, 5) is 24.8. The number of nitrogens with zero attached hydrogens (tertiary/aromatic N) is 3. The number of carbonyl (C=O) groups is 1. The Labute approximate surface area is 141 Å². The summed E-state index contributed by atoms with van der Waals surface area (Å²) in [7, 11) is 0. The van der Waals surface area contributed by atoms with E-state index in [9.17, 15) is 4.79 Å². The summed E-state index contributed by atoms with van der Waals surface area (Å²) < 4.78 is 5.17. The van der Waals surface area contributed by atoms with Crippen molar-refractivity contribution in [2.45, 2.75) is 6.54 Å². The Hall–Kier alpha value is -3.06. The summed E-state index contributed by atoms with van der Waals surface area (Å²) in [6.07, 6.45) is 4.83. The number of hydrogen-bond donors (Lipinski definition) is 1. The number of carbonyl (C=O) groups excluding carboxylic acids is 1. The molecule has 4 rings (SSSR count). The maximum atomic E-state index is 12.3. The summed E-state index contributed by atoms with van der Waals surface area (Å²) in [6.45, 7) is 0.372. The zero-order chi connectivity index (χ0) is 16.4. The molecule has 4 aromatic rings. The van der Waals surface area contributed by atoms with E-state index in [2.05, 4.69) is 20.3 Å². The second-order valence-electron chi connectivity index (χ2n) is 5.10. The van der Waals surface area contributed by atoms with Crippen LogP contribution < -0.4 is 5.32 Å². The third-order valence-electron chi connectivity index (χ3n) is 3.50. The Morgan fingerprint density at radius 2 is 2.08 bits per heavy atom. The number of fused-ring (bicyclic) bond motifs is 1. The molecular formula is C17H12N4O2S. The Kier molecular flexibility index (Phi) is 3.76. The fraction of sp³-hybridized carbons (Fsp3) is 0.0588. The molecule has 6 nitrogen and oxygen atoms in total. The van der Waals surface area contributed by atoms with Crippen LogP contribution >= 0.6 is 11.3 Å². The molecule has 0 saturated carbocycles. The lowest BCUT2D eigenvalue weighted by molar-refractivity contribution is 0.0950. The van der Waals surface area contributed by atoms with Crippen LogP contribution in [0, 0.1) is 0 Å². The molecule has 118 valence electrons. The molecule has 0 aliphatic rings. The largest absolute Gasteiger partial charge is 0.443 e. The number of amides is 1. The van der Waals surface area contributed by atoms with Crippen LogP contribution in [0.4, 0.5) is 0 Å². The molecule has 1 N–H and O–H groups in total. The van der Waals surface area contributed by atoms with Gasteiger partial charge in [-0.2, -0.15) is 0 Å². The highest BCUT2D eigenvalue weighted by molar-refractivity contribution is 7.13. The maximum absolute atomic E-state index is 12.3. The summed E-state index contributed by atoms with van der Waals surface area (Å²) in [5.41, 5.74) is 3.71. The molecule has 3 heterocycles. The van der Waals surface area contributed by atoms with E-state index in [1.54, 1.807) is 41.9 Å². The van der Waals surface area contributed by atoms with Crippen LogP contribution in [-0.4, -0.2) is 20.9 Å². The normalized spacial score (nSPS) is 10.8. The van der Waals surface area contributed by atoms with Crippen molar-refractivity contribution in [1.29, 1.82) is 0 Å². The van der Waals surface area contributed by atoms with Gasteiger partial charge in [0.1, 0.15) is 10.5 Å². The number of oxazole rings is 1. The molecule has 1 aromatic carbocycles. The molecule has 0 bridgehead atoms. The van der Waals surface area contributed by atoms with Gasteiger partial charge in [0.05, 0.1) is 12.2 Å². The Balaban J connectivity index is 1.45. The van der Waals surface area contributed by atoms with Gasteiger partial charge in [0, 0.05) is 28.9 Å². The van der Waals surface area contributed by atoms with Crippen molar-refractivity contribution in [2.24, 2.45) is 0 Å². The number of nitrogens with one attached hydrogen (secondary N) is 1. The summed E-state index contributed by atoms with van der Waals surface area (Å²) >= 11 is 1.54. The minimum Gasteiger partial charge on any atom is -0.443 e. The number of thiazole rings is 1. The highest BCUT2D eigenvalue weighted by Gasteiger charge is 2.10. The first-order valence-electron chi connectivity index (χ1n) is 7.26. The van der Waals surface area contributed by atoms with Gasteiger partial charge in [-0.25, -0.2) is 9.97 Å². The highest BCUT2D eigenvalue weighted by atomic mass is 32.1. The molecule has 24 heavy (non-hydrogen) atoms. The van der Waals surface area contributed by atoms with E-state index in [1.807, 2.05) is 17.5 Å². The van der Waals surface area contributed by atoms with Crippen LogP contribution in [0.5, 0.6) is 0 Å². The topological polar surface area (TPSA) is 80.9 Å². The lowest BCUT2D eigenvalue weighted by Crippen LogP contribution is -2.22. The van der Waals surface area contributed by atoms with Crippen molar-refractivity contribution in [1.82, 2.24) is 20.3 Å². The fourth-order valence-corrected chi connectivity index (χ4v) is 3.11. The number of benzene rings is 1. The zero-order valence-corrected chi connectivity index (χ0v) is 13.3. The van der Waals surface area contributed by atoms with Gasteiger partial charge in [0.25, 0.3) is 5.91 Å². The molecule has 0 fully saturated rings. The van der Waals surface area contributed by atoms with Gasteiger partial charge in [-0.1, -0.05) is 0 Å². The standard InChI is InChI=1S/C17H12N4O2S/c22-16(12-1-2-15-14(7-12)20-10-23-15)19-8-13-9-24-17(21-13)11-3-5-18-6-4-11/h1-7,9-10H,8H2,(H,19,22). The first-order valence-corrected chi connectivity index (χ1v) is 8.14. The minimum absolute atomic E-state index is 0.168. The van der Waals surface area contributed by atoms with Gasteiger partial charge in [-0.15, -0.1) is 11.3 Å². The molecule has 7 heteroatoms. The average Bonchev–Trinajstić information content (AvgIpc) is 3.29. The number of hydrogen-bond acceptors (Lipinski definition) is 6. The number of rotatable bonds is 4. The fourth-order valence-electron chi connectivity index (χ4n) is 2.29. The molecule has 0 aliphatic heterocycles. The van der Waals surface area contributed by atoms with Crippen LogP contribution in [0.25, 0.3) is 21.7 Å². The summed E-state index contributed by atoms with van der Waals surface area (Å²) in [6, 6.07) is 8.98. The summed E-state index contributed by atoms with van der Waals surface area (Å²) in [5.74, 6) is -0.168. The molecule has 0 atom stereocenters. The first kappa shape index (κ1) is 14.5. The third-order valence-corrected chi connectivity index (χ3v) is 4.44. The van der Waals surface area contributed by atoms with E-state index in [1.165, 1.54) is 6.39 Å². The number of pyridine rings is 1. The van der Waals surface area contributed by atoms with Gasteiger partial charge >= 0.3 is 0 Å². The van der Waals surface area contributed by atoms with E-state index < -0.39 is 0 Å². The van der Waals surface area contributed by atoms with E-state index in [4.69, 9.17) is 4.42 Å². The molecule has 3 aromatic heterocycles. The average molecular weight is 336 g/mol. The predicted octanol–water partition coefficient (Wildman–Crippen LogP) is 3.28. The van der Waals surface area contributed by atoms with Crippen LogP contribution in [0.1, 0.15) is 16.1 Å². The molecule has 0 spiro atoms. The van der Waals surface area contributed by atoms with Gasteiger partial charge < -0.3 is 9.73 Å². The smallest absolute Gasteiger partial charge is 0.251 e. The Bertz CT molecular complexity index is 994. The molecule has 0 saturated heterocycles. The van der Waals surface area contributed by atoms with E-state index in [0.29, 0.717) is 23.2 Å². The van der Waals surface area contributed by atoms with Crippen molar-refractivity contribution in [3.8, 4) is 10.6 Å². The second-order valence-corrected chi connectivity index (χ2v) is 5.96. The Morgan fingerprint density at radius 3 is 2.96 bits per heavy atom. The molecule has 0 aliphatic carbocycles. The number of aromatic nitrogens is 3. The lowest BCUT2D eigenvalue weighted by atomic mass is 10.2. The van der Waals surface area contributed by atoms with Gasteiger partial charge in [0.15, 0.2) is 12.0 Å². The van der Waals surface area contributed by atoms with Crippen LogP contribution in [0.15, 0.2) is 58.9 Å². The predicted molar refractivity (Wildman–Crippen MR) is 90.5 cm³/mol. The quantitative estimate of drug-likeness (QED) is 0.618. The third kappa shape index (κ3) is 2.89. The molecule has 1 amide bonds. The van der Waals surface area contributed by atoms with Crippen LogP contribution in [0.3, 0.4) is 0 Å². The first-order chi connectivity index (χ1) is 11.8. The van der Waals surface area contributed by atoms with Crippen LogP contribution in [0.2, 0.25) is 0 Å². The van der Waals surface area contributed by atoms with Gasteiger partial charge in [0.2, 0.25) is 0 Å². The molecule has 0 unspecified atom stereocenters. The van der Waals surface area contributed by atoms with Gasteiger partial charge in [-0.3, -0.25) is 9.78 Å².